The average molecular weight is 508 g/mol. The summed E-state index contributed by atoms with van der Waals surface area (Å²) < 4.78 is 0. The third-order valence-corrected chi connectivity index (χ3v) is 8.12. The Balaban J connectivity index is 1.47. The van der Waals surface area contributed by atoms with Crippen molar-refractivity contribution in [2.75, 3.05) is 20.1 Å². The number of phenols is 1. The highest BCUT2D eigenvalue weighted by Gasteiger charge is 2.50. The molecule has 37 heavy (non-hydrogen) atoms. The molecule has 8 heteroatoms. The number of piperidine rings is 1. The van der Waals surface area contributed by atoms with E-state index in [1.165, 1.54) is 0 Å². The summed E-state index contributed by atoms with van der Waals surface area (Å²) in [6.45, 7) is 4.71. The summed E-state index contributed by atoms with van der Waals surface area (Å²) in [6, 6.07) is 12.9. The number of likely N-dealkylation sites (tertiary alicyclic amines) is 1. The second kappa shape index (κ2) is 10.5. The molecule has 8 nitrogen and oxygen atoms in total. The maximum absolute atomic E-state index is 13.8. The largest absolute Gasteiger partial charge is 0.508 e. The van der Waals surface area contributed by atoms with E-state index in [4.69, 9.17) is 0 Å². The molecule has 3 amide bonds. The van der Waals surface area contributed by atoms with Crippen LogP contribution in [0.25, 0.3) is 0 Å². The Kier molecular flexibility index (Phi) is 7.59. The van der Waals surface area contributed by atoms with Crippen molar-refractivity contribution in [1.29, 1.82) is 0 Å². The predicted octanol–water partition coefficient (Wildman–Crippen LogP) is 3.19. The molecular weight excluding hydrogens is 470 g/mol. The number of benzene rings is 2. The van der Waals surface area contributed by atoms with Gasteiger partial charge in [0.25, 0.3) is 11.8 Å². The number of rotatable bonds is 5. The number of phenolic OH excluding ortho intramolecular Hbond substituents is 1. The molecule has 1 saturated carbocycles. The lowest BCUT2D eigenvalue weighted by atomic mass is 9.66. The predicted molar refractivity (Wildman–Crippen MR) is 140 cm³/mol. The summed E-state index contributed by atoms with van der Waals surface area (Å²) >= 11 is 0. The number of amides is 3. The fourth-order valence-corrected chi connectivity index (χ4v) is 5.81. The Labute approximate surface area is 218 Å². The van der Waals surface area contributed by atoms with E-state index in [0.29, 0.717) is 43.5 Å². The van der Waals surface area contributed by atoms with Gasteiger partial charge in [-0.1, -0.05) is 44.9 Å². The van der Waals surface area contributed by atoms with Crippen LogP contribution in [-0.2, 0) is 10.4 Å². The first-order valence-electron chi connectivity index (χ1n) is 13.0. The minimum atomic E-state index is -1.13. The monoisotopic (exact) mass is 507 g/mol. The van der Waals surface area contributed by atoms with Crippen LogP contribution in [0.3, 0.4) is 0 Å². The number of hydrogen-bond donors (Lipinski definition) is 4. The van der Waals surface area contributed by atoms with Crippen molar-refractivity contribution >= 4 is 17.7 Å². The molecular formula is C29H37N3O5. The Morgan fingerprint density at radius 1 is 0.973 bits per heavy atom. The molecule has 1 saturated heterocycles. The lowest BCUT2D eigenvalue weighted by molar-refractivity contribution is -0.158. The molecule has 1 aliphatic carbocycles. The lowest BCUT2D eigenvalue weighted by Crippen LogP contribution is -2.59. The molecule has 3 atom stereocenters. The van der Waals surface area contributed by atoms with Crippen LogP contribution < -0.4 is 10.6 Å². The first kappa shape index (κ1) is 26.7. The third kappa shape index (κ3) is 5.34. The van der Waals surface area contributed by atoms with Crippen LogP contribution in [-0.4, -0.2) is 59.0 Å². The number of carbonyl (C=O) groups excluding carboxylic acids is 3. The van der Waals surface area contributed by atoms with E-state index in [1.54, 1.807) is 55.6 Å². The maximum atomic E-state index is 13.8. The van der Waals surface area contributed by atoms with E-state index in [0.717, 1.165) is 18.4 Å². The number of carbonyl (C=O) groups is 3. The highest BCUT2D eigenvalue weighted by molar-refractivity contribution is 5.99. The Morgan fingerprint density at radius 2 is 1.62 bits per heavy atom. The number of aromatic hydroxyl groups is 1. The van der Waals surface area contributed by atoms with Gasteiger partial charge in [-0.05, 0) is 55.2 Å². The molecule has 2 aliphatic rings. The molecule has 0 spiro atoms. The Hall–Kier alpha value is -3.39. The van der Waals surface area contributed by atoms with E-state index in [1.807, 2.05) is 18.7 Å². The minimum Gasteiger partial charge on any atom is -0.508 e. The Morgan fingerprint density at radius 3 is 2.27 bits per heavy atom. The first-order chi connectivity index (χ1) is 17.6. The SMILES string of the molecule is CNC(=O)c1cccc(C(=O)N[C@@H]2CCCC[C@@H]2C(=O)N2CC[C@](O)(c3ccc(O)cc3)C(C)(C)C2)c1. The van der Waals surface area contributed by atoms with Crippen LogP contribution in [0.1, 0.15) is 72.2 Å². The number of nitrogens with one attached hydrogen (secondary N) is 2. The highest BCUT2D eigenvalue weighted by atomic mass is 16.3. The van der Waals surface area contributed by atoms with Gasteiger partial charge in [-0.25, -0.2) is 0 Å². The number of hydrogen-bond acceptors (Lipinski definition) is 5. The minimum absolute atomic E-state index is 0.00458. The molecule has 0 bridgehead atoms. The lowest BCUT2D eigenvalue weighted by Gasteiger charge is -2.51. The van der Waals surface area contributed by atoms with Crippen molar-refractivity contribution in [3.63, 3.8) is 0 Å². The van der Waals surface area contributed by atoms with Gasteiger partial charge < -0.3 is 25.7 Å². The van der Waals surface area contributed by atoms with Gasteiger partial charge in [0.15, 0.2) is 0 Å². The van der Waals surface area contributed by atoms with Crippen molar-refractivity contribution in [2.24, 2.45) is 11.3 Å². The third-order valence-electron chi connectivity index (χ3n) is 8.12. The van der Waals surface area contributed by atoms with Gasteiger partial charge in [0.1, 0.15) is 5.75 Å². The van der Waals surface area contributed by atoms with Crippen molar-refractivity contribution in [3.05, 3.63) is 65.2 Å². The molecule has 0 aromatic heterocycles. The van der Waals surface area contributed by atoms with Gasteiger partial charge in [0, 0.05) is 42.7 Å². The van der Waals surface area contributed by atoms with Crippen LogP contribution in [0.5, 0.6) is 5.75 Å². The maximum Gasteiger partial charge on any atom is 0.251 e. The van der Waals surface area contributed by atoms with Gasteiger partial charge in [-0.3, -0.25) is 14.4 Å². The van der Waals surface area contributed by atoms with Crippen LogP contribution >= 0.6 is 0 Å². The van der Waals surface area contributed by atoms with Crippen molar-refractivity contribution in [1.82, 2.24) is 15.5 Å². The summed E-state index contributed by atoms with van der Waals surface area (Å²) in [7, 11) is 1.54. The summed E-state index contributed by atoms with van der Waals surface area (Å²) in [5.41, 5.74) is -0.234. The van der Waals surface area contributed by atoms with E-state index < -0.39 is 11.0 Å². The molecule has 0 radical (unpaired) electrons. The van der Waals surface area contributed by atoms with Gasteiger partial charge >= 0.3 is 0 Å². The second-order valence-electron chi connectivity index (χ2n) is 10.9. The van der Waals surface area contributed by atoms with Crippen LogP contribution in [0.15, 0.2) is 48.5 Å². The van der Waals surface area contributed by atoms with Gasteiger partial charge in [-0.2, -0.15) is 0 Å². The molecule has 4 rings (SSSR count). The first-order valence-corrected chi connectivity index (χ1v) is 13.0. The van der Waals surface area contributed by atoms with E-state index in [-0.39, 0.29) is 35.4 Å². The van der Waals surface area contributed by atoms with E-state index >= 15 is 0 Å². The number of nitrogens with zero attached hydrogens (tertiary/aromatic N) is 1. The van der Waals surface area contributed by atoms with Gasteiger partial charge in [-0.15, -0.1) is 0 Å². The van der Waals surface area contributed by atoms with E-state index in [2.05, 4.69) is 10.6 Å². The molecule has 198 valence electrons. The topological polar surface area (TPSA) is 119 Å². The summed E-state index contributed by atoms with van der Waals surface area (Å²) in [6.07, 6.45) is 3.64. The quantitative estimate of drug-likeness (QED) is 0.496. The smallest absolute Gasteiger partial charge is 0.251 e. The van der Waals surface area contributed by atoms with E-state index in [9.17, 15) is 24.6 Å². The molecule has 2 fully saturated rings. The van der Waals surface area contributed by atoms with Crippen LogP contribution in [0.2, 0.25) is 0 Å². The number of aliphatic hydroxyl groups is 1. The second-order valence-corrected chi connectivity index (χ2v) is 10.9. The molecule has 4 N–H and O–H groups in total. The molecule has 1 aliphatic heterocycles. The van der Waals surface area contributed by atoms with Gasteiger partial charge in [0.05, 0.1) is 11.5 Å². The average Bonchev–Trinajstić information content (AvgIpc) is 2.90. The summed E-state index contributed by atoms with van der Waals surface area (Å²) in [5, 5.41) is 26.9. The van der Waals surface area contributed by atoms with Crippen LogP contribution in [0.4, 0.5) is 0 Å². The van der Waals surface area contributed by atoms with Crippen LogP contribution in [0, 0.1) is 11.3 Å². The standard InChI is InChI=1S/C29H37N3O5/c1-28(2)18-32(16-15-29(28,37)21-11-13-22(33)14-12-21)27(36)23-9-4-5-10-24(23)31-26(35)20-8-6-7-19(17-20)25(34)30-3/h6-8,11-14,17,23-24,33,37H,4-5,9-10,15-16,18H2,1-3H3,(H,30,34)(H,31,35)/t23-,24+,29-/m0/s1. The zero-order chi connectivity index (χ0) is 26.8. The molecule has 0 unspecified atom stereocenters. The molecule has 2 aromatic rings. The zero-order valence-corrected chi connectivity index (χ0v) is 21.8. The summed E-state index contributed by atoms with van der Waals surface area (Å²) in [5.74, 6) is -0.750. The normalized spacial score (nSPS) is 25.2. The zero-order valence-electron chi connectivity index (χ0n) is 21.8. The Bertz CT molecular complexity index is 1160. The van der Waals surface area contributed by atoms with Gasteiger partial charge in [0.2, 0.25) is 5.91 Å². The molecule has 1 heterocycles. The molecule has 2 aromatic carbocycles. The summed E-state index contributed by atoms with van der Waals surface area (Å²) in [4.78, 5) is 40.6. The fraction of sp³-hybridized carbons (Fsp3) is 0.483. The van der Waals surface area contributed by atoms with Crippen molar-refractivity contribution in [2.45, 2.75) is 57.6 Å². The highest BCUT2D eigenvalue weighted by Crippen LogP contribution is 2.46. The fourth-order valence-electron chi connectivity index (χ4n) is 5.81. The van der Waals surface area contributed by atoms with Crippen molar-refractivity contribution in [3.8, 4) is 5.75 Å². The van der Waals surface area contributed by atoms with Crippen molar-refractivity contribution < 1.29 is 24.6 Å².